The number of nitrogens with zero attached hydrogens (tertiary/aromatic N) is 2. The minimum Gasteiger partial charge on any atom is -0.331 e. The Bertz CT molecular complexity index is 671. The molecule has 0 saturated carbocycles. The predicted molar refractivity (Wildman–Crippen MR) is 82.6 cm³/mol. The SMILES string of the molecule is FC(F)(F)c1cccc(NC(=S)N/N=C\c2ccncc2)c1. The van der Waals surface area contributed by atoms with Gasteiger partial charge in [-0.05, 0) is 48.1 Å². The molecule has 2 aromatic rings. The van der Waals surface area contributed by atoms with Crippen LogP contribution in [0.1, 0.15) is 11.1 Å². The van der Waals surface area contributed by atoms with Gasteiger partial charge in [-0.2, -0.15) is 18.3 Å². The molecule has 0 aliphatic carbocycles. The molecule has 114 valence electrons. The summed E-state index contributed by atoms with van der Waals surface area (Å²) < 4.78 is 37.8. The first-order valence-electron chi connectivity index (χ1n) is 6.12. The second-order valence-electron chi connectivity index (χ2n) is 4.18. The average Bonchev–Trinajstić information content (AvgIpc) is 2.48. The maximum Gasteiger partial charge on any atom is 0.416 e. The molecule has 0 amide bonds. The summed E-state index contributed by atoms with van der Waals surface area (Å²) in [5.74, 6) is 0. The highest BCUT2D eigenvalue weighted by Gasteiger charge is 2.30. The number of hydrazone groups is 1. The largest absolute Gasteiger partial charge is 0.416 e. The van der Waals surface area contributed by atoms with Crippen LogP contribution in [0.15, 0.2) is 53.9 Å². The number of hydrogen-bond donors (Lipinski definition) is 2. The van der Waals surface area contributed by atoms with E-state index in [1.165, 1.54) is 18.3 Å². The van der Waals surface area contributed by atoms with Gasteiger partial charge in [0.05, 0.1) is 11.8 Å². The third-order valence-electron chi connectivity index (χ3n) is 2.53. The molecule has 0 saturated heterocycles. The van der Waals surface area contributed by atoms with Crippen LogP contribution in [-0.2, 0) is 6.18 Å². The van der Waals surface area contributed by atoms with Crippen molar-refractivity contribution in [3.05, 3.63) is 59.9 Å². The van der Waals surface area contributed by atoms with E-state index in [1.807, 2.05) is 0 Å². The second kappa shape index (κ2) is 6.99. The van der Waals surface area contributed by atoms with Crippen molar-refractivity contribution in [2.75, 3.05) is 5.32 Å². The Labute approximate surface area is 130 Å². The van der Waals surface area contributed by atoms with Crippen molar-refractivity contribution in [3.63, 3.8) is 0 Å². The fourth-order valence-corrected chi connectivity index (χ4v) is 1.72. The van der Waals surface area contributed by atoms with Crippen molar-refractivity contribution < 1.29 is 13.2 Å². The van der Waals surface area contributed by atoms with E-state index >= 15 is 0 Å². The zero-order chi connectivity index (χ0) is 16.0. The van der Waals surface area contributed by atoms with Crippen molar-refractivity contribution in [2.24, 2.45) is 5.10 Å². The molecular weight excluding hydrogens is 313 g/mol. The quantitative estimate of drug-likeness (QED) is 0.516. The van der Waals surface area contributed by atoms with E-state index in [0.717, 1.165) is 17.7 Å². The van der Waals surface area contributed by atoms with Gasteiger partial charge in [0.1, 0.15) is 0 Å². The molecule has 2 rings (SSSR count). The van der Waals surface area contributed by atoms with Crippen LogP contribution >= 0.6 is 12.2 Å². The standard InChI is InChI=1S/C14H11F3N4S/c15-14(16,17)11-2-1-3-12(8-11)20-13(22)21-19-9-10-4-6-18-7-5-10/h1-9H,(H2,20,21,22)/b19-9-. The molecule has 0 aliphatic heterocycles. The van der Waals surface area contributed by atoms with E-state index in [1.54, 1.807) is 24.5 Å². The lowest BCUT2D eigenvalue weighted by molar-refractivity contribution is -0.137. The molecule has 2 N–H and O–H groups in total. The maximum atomic E-state index is 12.6. The number of rotatable bonds is 3. The molecule has 22 heavy (non-hydrogen) atoms. The first-order chi connectivity index (χ1) is 10.4. The zero-order valence-electron chi connectivity index (χ0n) is 11.1. The summed E-state index contributed by atoms with van der Waals surface area (Å²) in [4.78, 5) is 3.86. The lowest BCUT2D eigenvalue weighted by Gasteiger charge is -2.10. The van der Waals surface area contributed by atoms with Crippen molar-refractivity contribution in [1.29, 1.82) is 0 Å². The summed E-state index contributed by atoms with van der Waals surface area (Å²) in [7, 11) is 0. The Kier molecular flexibility index (Phi) is 5.05. The monoisotopic (exact) mass is 324 g/mol. The lowest BCUT2D eigenvalue weighted by atomic mass is 10.2. The smallest absolute Gasteiger partial charge is 0.331 e. The number of benzene rings is 1. The minimum absolute atomic E-state index is 0.0876. The summed E-state index contributed by atoms with van der Waals surface area (Å²) in [6.45, 7) is 0. The van der Waals surface area contributed by atoms with Gasteiger partial charge in [0.2, 0.25) is 0 Å². The Morgan fingerprint density at radius 3 is 2.59 bits per heavy atom. The van der Waals surface area contributed by atoms with Gasteiger partial charge in [0, 0.05) is 18.1 Å². The minimum atomic E-state index is -4.40. The number of aromatic nitrogens is 1. The van der Waals surface area contributed by atoms with E-state index in [-0.39, 0.29) is 10.8 Å². The van der Waals surface area contributed by atoms with Gasteiger partial charge in [-0.15, -0.1) is 0 Å². The van der Waals surface area contributed by atoms with E-state index < -0.39 is 11.7 Å². The molecule has 8 heteroatoms. The molecule has 4 nitrogen and oxygen atoms in total. The van der Waals surface area contributed by atoms with E-state index in [4.69, 9.17) is 12.2 Å². The van der Waals surface area contributed by atoms with E-state index in [0.29, 0.717) is 0 Å². The van der Waals surface area contributed by atoms with Crippen LogP contribution in [0.2, 0.25) is 0 Å². The number of hydrogen-bond acceptors (Lipinski definition) is 3. The first-order valence-corrected chi connectivity index (χ1v) is 6.53. The first kappa shape index (κ1) is 15.9. The Morgan fingerprint density at radius 2 is 1.91 bits per heavy atom. The van der Waals surface area contributed by atoms with Crippen molar-refractivity contribution in [2.45, 2.75) is 6.18 Å². The van der Waals surface area contributed by atoms with Crippen LogP contribution in [0.3, 0.4) is 0 Å². The normalized spacial score (nSPS) is 11.4. The number of pyridine rings is 1. The molecule has 0 atom stereocenters. The molecule has 0 radical (unpaired) electrons. The zero-order valence-corrected chi connectivity index (χ0v) is 11.9. The molecular formula is C14H11F3N4S. The van der Waals surface area contributed by atoms with E-state index in [2.05, 4.69) is 20.8 Å². The van der Waals surface area contributed by atoms with E-state index in [9.17, 15) is 13.2 Å². The van der Waals surface area contributed by atoms with Gasteiger partial charge in [-0.25, -0.2) is 0 Å². The summed E-state index contributed by atoms with van der Waals surface area (Å²) >= 11 is 4.96. The predicted octanol–water partition coefficient (Wildman–Crippen LogP) is 3.42. The van der Waals surface area contributed by atoms with Crippen LogP contribution in [0.5, 0.6) is 0 Å². The fraction of sp³-hybridized carbons (Fsp3) is 0.0714. The van der Waals surface area contributed by atoms with Crippen molar-refractivity contribution in [1.82, 2.24) is 10.4 Å². The molecule has 1 heterocycles. The highest BCUT2D eigenvalue weighted by Crippen LogP contribution is 2.30. The molecule has 0 spiro atoms. The van der Waals surface area contributed by atoms with Crippen LogP contribution in [0.4, 0.5) is 18.9 Å². The number of alkyl halides is 3. The Morgan fingerprint density at radius 1 is 1.18 bits per heavy atom. The summed E-state index contributed by atoms with van der Waals surface area (Å²) in [5.41, 5.74) is 2.81. The van der Waals surface area contributed by atoms with Crippen molar-refractivity contribution in [3.8, 4) is 0 Å². The van der Waals surface area contributed by atoms with Crippen LogP contribution in [-0.4, -0.2) is 16.3 Å². The molecule has 1 aromatic heterocycles. The molecule has 1 aromatic carbocycles. The van der Waals surface area contributed by atoms with Crippen LogP contribution < -0.4 is 10.7 Å². The Hall–Kier alpha value is -2.48. The van der Waals surface area contributed by atoms with Crippen molar-refractivity contribution >= 4 is 29.2 Å². The maximum absolute atomic E-state index is 12.6. The number of anilines is 1. The van der Waals surface area contributed by atoms with Gasteiger partial charge in [0.25, 0.3) is 0 Å². The number of thiocarbonyl (C=S) groups is 1. The van der Waals surface area contributed by atoms with Crippen LogP contribution in [0.25, 0.3) is 0 Å². The average molecular weight is 324 g/mol. The third-order valence-corrected chi connectivity index (χ3v) is 2.73. The topological polar surface area (TPSA) is 49.3 Å². The number of halogens is 3. The summed E-state index contributed by atoms with van der Waals surface area (Å²) in [5, 5.41) is 6.60. The fourth-order valence-electron chi connectivity index (χ4n) is 1.55. The van der Waals surface area contributed by atoms with Gasteiger partial charge < -0.3 is 5.32 Å². The lowest BCUT2D eigenvalue weighted by Crippen LogP contribution is -2.24. The van der Waals surface area contributed by atoms with Gasteiger partial charge >= 0.3 is 6.18 Å². The van der Waals surface area contributed by atoms with Gasteiger partial charge in [-0.3, -0.25) is 10.4 Å². The number of nitrogens with one attached hydrogen (secondary N) is 2. The molecule has 0 fully saturated rings. The summed E-state index contributed by atoms with van der Waals surface area (Å²) in [6.07, 6.45) is 0.342. The third kappa shape index (κ3) is 4.81. The summed E-state index contributed by atoms with van der Waals surface area (Å²) in [6, 6.07) is 8.23. The van der Waals surface area contributed by atoms with Crippen LogP contribution in [0, 0.1) is 0 Å². The van der Waals surface area contributed by atoms with Gasteiger partial charge in [0.15, 0.2) is 5.11 Å². The highest BCUT2D eigenvalue weighted by atomic mass is 32.1. The molecule has 0 bridgehead atoms. The van der Waals surface area contributed by atoms with Gasteiger partial charge in [-0.1, -0.05) is 6.07 Å². The molecule has 0 unspecified atom stereocenters. The second-order valence-corrected chi connectivity index (χ2v) is 4.59. The molecule has 0 aliphatic rings. The highest BCUT2D eigenvalue weighted by molar-refractivity contribution is 7.80. The Balaban J connectivity index is 1.94.